The number of hydrogen-bond acceptors (Lipinski definition) is 9. The zero-order chi connectivity index (χ0) is 21.6. The predicted molar refractivity (Wildman–Crippen MR) is 119 cm³/mol. The standard InChI is InChI=1S/C21H25N5O4S/c1-22-20(28)18-10-16(4-5-23-18)30-15-2-3-17-19(11-15)31-21(25-17)24-12-14(27)13-26-6-8-29-9-7-26/h2-5,10-11,14,27H,6-9,12-13H2,1H3,(H,22,28)(H,24,25). The molecule has 0 spiro atoms. The maximum atomic E-state index is 11.7. The van der Waals surface area contributed by atoms with Crippen molar-refractivity contribution in [3.8, 4) is 11.5 Å². The van der Waals surface area contributed by atoms with Gasteiger partial charge in [-0.2, -0.15) is 0 Å². The minimum absolute atomic E-state index is 0.269. The fourth-order valence-corrected chi connectivity index (χ4v) is 4.16. The average Bonchev–Trinajstić information content (AvgIpc) is 3.20. The van der Waals surface area contributed by atoms with Crippen molar-refractivity contribution in [3.63, 3.8) is 0 Å². The Hall–Kier alpha value is -2.79. The second-order valence-corrected chi connectivity index (χ2v) is 8.18. The highest BCUT2D eigenvalue weighted by atomic mass is 32.1. The van der Waals surface area contributed by atoms with Crippen LogP contribution in [-0.2, 0) is 4.74 Å². The van der Waals surface area contributed by atoms with E-state index in [-0.39, 0.29) is 5.91 Å². The van der Waals surface area contributed by atoms with Crippen LogP contribution in [0.25, 0.3) is 10.2 Å². The van der Waals surface area contributed by atoms with Gasteiger partial charge in [0.15, 0.2) is 5.13 Å². The third kappa shape index (κ3) is 5.67. The lowest BCUT2D eigenvalue weighted by Crippen LogP contribution is -2.42. The number of morpholine rings is 1. The van der Waals surface area contributed by atoms with Gasteiger partial charge in [-0.25, -0.2) is 4.98 Å². The maximum absolute atomic E-state index is 11.7. The summed E-state index contributed by atoms with van der Waals surface area (Å²) in [4.78, 5) is 22.6. The molecular formula is C21H25N5O4S. The lowest BCUT2D eigenvalue weighted by Gasteiger charge is -2.28. The molecule has 1 unspecified atom stereocenters. The number of rotatable bonds is 8. The van der Waals surface area contributed by atoms with Gasteiger partial charge in [-0.15, -0.1) is 0 Å². The van der Waals surface area contributed by atoms with Gasteiger partial charge in [0, 0.05) is 51.6 Å². The van der Waals surface area contributed by atoms with E-state index >= 15 is 0 Å². The zero-order valence-electron chi connectivity index (χ0n) is 17.2. The summed E-state index contributed by atoms with van der Waals surface area (Å²) in [6, 6.07) is 8.92. The monoisotopic (exact) mass is 443 g/mol. The smallest absolute Gasteiger partial charge is 0.269 e. The molecule has 1 aliphatic heterocycles. The molecule has 0 bridgehead atoms. The molecule has 4 rings (SSSR count). The van der Waals surface area contributed by atoms with Crippen molar-refractivity contribution in [2.75, 3.05) is 51.8 Å². The van der Waals surface area contributed by atoms with Crippen molar-refractivity contribution in [2.45, 2.75) is 6.10 Å². The number of amides is 1. The molecule has 3 heterocycles. The molecule has 3 N–H and O–H groups in total. The summed E-state index contributed by atoms with van der Waals surface area (Å²) in [5.41, 5.74) is 1.14. The Morgan fingerprint density at radius 2 is 2.10 bits per heavy atom. The first-order valence-electron chi connectivity index (χ1n) is 10.1. The van der Waals surface area contributed by atoms with Crippen molar-refractivity contribution in [2.24, 2.45) is 0 Å². The summed E-state index contributed by atoms with van der Waals surface area (Å²) in [7, 11) is 1.56. The average molecular weight is 444 g/mol. The van der Waals surface area contributed by atoms with E-state index in [0.29, 0.717) is 30.3 Å². The SMILES string of the molecule is CNC(=O)c1cc(Oc2ccc3nc(NCC(O)CN4CCOCC4)sc3c2)ccn1. The van der Waals surface area contributed by atoms with E-state index in [0.717, 1.165) is 41.7 Å². The molecule has 1 aliphatic rings. The molecule has 1 fully saturated rings. The number of aliphatic hydroxyl groups excluding tert-OH is 1. The molecular weight excluding hydrogens is 418 g/mol. The van der Waals surface area contributed by atoms with Gasteiger partial charge in [0.25, 0.3) is 5.91 Å². The third-order valence-corrected chi connectivity index (χ3v) is 5.82. The minimum Gasteiger partial charge on any atom is -0.457 e. The van der Waals surface area contributed by atoms with E-state index in [2.05, 4.69) is 25.5 Å². The van der Waals surface area contributed by atoms with Crippen LogP contribution < -0.4 is 15.4 Å². The van der Waals surface area contributed by atoms with Crippen molar-refractivity contribution in [1.29, 1.82) is 0 Å². The fourth-order valence-electron chi connectivity index (χ4n) is 3.26. The Labute approximate surface area is 184 Å². The Morgan fingerprint density at radius 1 is 1.29 bits per heavy atom. The van der Waals surface area contributed by atoms with Gasteiger partial charge in [-0.1, -0.05) is 11.3 Å². The van der Waals surface area contributed by atoms with Gasteiger partial charge < -0.3 is 25.2 Å². The van der Waals surface area contributed by atoms with Gasteiger partial charge in [0.05, 0.1) is 29.5 Å². The number of hydrogen-bond donors (Lipinski definition) is 3. The van der Waals surface area contributed by atoms with Crippen LogP contribution in [0.2, 0.25) is 0 Å². The van der Waals surface area contributed by atoms with Crippen LogP contribution in [0.15, 0.2) is 36.5 Å². The second kappa shape index (κ2) is 10.0. The number of carbonyl (C=O) groups excluding carboxylic acids is 1. The highest BCUT2D eigenvalue weighted by molar-refractivity contribution is 7.22. The Bertz CT molecular complexity index is 1040. The maximum Gasteiger partial charge on any atom is 0.269 e. The van der Waals surface area contributed by atoms with E-state index in [1.54, 1.807) is 19.2 Å². The van der Waals surface area contributed by atoms with Crippen LogP contribution >= 0.6 is 11.3 Å². The summed E-state index contributed by atoms with van der Waals surface area (Å²) in [5.74, 6) is 0.904. The number of nitrogens with one attached hydrogen (secondary N) is 2. The molecule has 9 nitrogen and oxygen atoms in total. The number of pyridine rings is 1. The van der Waals surface area contributed by atoms with Gasteiger partial charge >= 0.3 is 0 Å². The second-order valence-electron chi connectivity index (χ2n) is 7.15. The number of anilines is 1. The van der Waals surface area contributed by atoms with E-state index in [1.807, 2.05) is 18.2 Å². The molecule has 0 radical (unpaired) electrons. The van der Waals surface area contributed by atoms with Crippen molar-refractivity contribution < 1.29 is 19.4 Å². The molecule has 31 heavy (non-hydrogen) atoms. The lowest BCUT2D eigenvalue weighted by molar-refractivity contribution is 0.0171. The molecule has 0 aliphatic carbocycles. The number of ether oxygens (including phenoxy) is 2. The summed E-state index contributed by atoms with van der Waals surface area (Å²) in [6.45, 7) is 4.18. The van der Waals surface area contributed by atoms with Crippen LogP contribution in [0.1, 0.15) is 10.5 Å². The molecule has 10 heteroatoms. The predicted octanol–water partition coefficient (Wildman–Crippen LogP) is 1.95. The van der Waals surface area contributed by atoms with Gasteiger partial charge in [0.2, 0.25) is 0 Å². The first-order chi connectivity index (χ1) is 15.1. The molecule has 1 saturated heterocycles. The number of benzene rings is 1. The minimum atomic E-state index is -0.481. The molecule has 3 aromatic rings. The molecule has 164 valence electrons. The normalized spacial score (nSPS) is 15.5. The molecule has 0 saturated carbocycles. The highest BCUT2D eigenvalue weighted by Crippen LogP contribution is 2.31. The Balaban J connectivity index is 1.37. The van der Waals surface area contributed by atoms with Gasteiger partial charge in [-0.3, -0.25) is 14.7 Å². The van der Waals surface area contributed by atoms with E-state index < -0.39 is 6.10 Å². The Morgan fingerprint density at radius 3 is 2.90 bits per heavy atom. The van der Waals surface area contributed by atoms with Gasteiger partial charge in [0.1, 0.15) is 17.2 Å². The van der Waals surface area contributed by atoms with E-state index in [4.69, 9.17) is 9.47 Å². The van der Waals surface area contributed by atoms with E-state index in [1.165, 1.54) is 17.5 Å². The fraction of sp³-hybridized carbons (Fsp3) is 0.381. The number of fused-ring (bicyclic) bond motifs is 1. The van der Waals surface area contributed by atoms with Crippen LogP contribution in [0.4, 0.5) is 5.13 Å². The number of carbonyl (C=O) groups is 1. The van der Waals surface area contributed by atoms with Crippen LogP contribution in [0.5, 0.6) is 11.5 Å². The summed E-state index contributed by atoms with van der Waals surface area (Å²) < 4.78 is 12.2. The molecule has 1 amide bonds. The molecule has 2 aromatic heterocycles. The first kappa shape index (κ1) is 21.4. The number of thiazole rings is 1. The van der Waals surface area contributed by atoms with E-state index in [9.17, 15) is 9.90 Å². The summed E-state index contributed by atoms with van der Waals surface area (Å²) in [6.07, 6.45) is 1.06. The van der Waals surface area contributed by atoms with Crippen molar-refractivity contribution >= 4 is 32.6 Å². The topological polar surface area (TPSA) is 109 Å². The summed E-state index contributed by atoms with van der Waals surface area (Å²) in [5, 5.41) is 16.8. The number of nitrogens with zero attached hydrogens (tertiary/aromatic N) is 3. The Kier molecular flexibility index (Phi) is 6.92. The van der Waals surface area contributed by atoms with Crippen molar-refractivity contribution in [3.05, 3.63) is 42.2 Å². The molecule has 1 aromatic carbocycles. The van der Waals surface area contributed by atoms with Crippen LogP contribution in [0.3, 0.4) is 0 Å². The van der Waals surface area contributed by atoms with Crippen LogP contribution in [0, 0.1) is 0 Å². The highest BCUT2D eigenvalue weighted by Gasteiger charge is 2.15. The summed E-state index contributed by atoms with van der Waals surface area (Å²) >= 11 is 1.50. The van der Waals surface area contributed by atoms with Crippen LogP contribution in [-0.4, -0.2) is 78.4 Å². The lowest BCUT2D eigenvalue weighted by atomic mass is 10.3. The van der Waals surface area contributed by atoms with Crippen molar-refractivity contribution in [1.82, 2.24) is 20.2 Å². The number of aromatic nitrogens is 2. The quantitative estimate of drug-likeness (QED) is 0.485. The zero-order valence-corrected chi connectivity index (χ0v) is 18.0. The third-order valence-electron chi connectivity index (χ3n) is 4.85. The molecule has 1 atom stereocenters. The number of aliphatic hydroxyl groups is 1. The largest absolute Gasteiger partial charge is 0.457 e. The first-order valence-corrected chi connectivity index (χ1v) is 10.9. The van der Waals surface area contributed by atoms with Gasteiger partial charge in [-0.05, 0) is 18.2 Å². The number of β-amino-alcohol motifs (C(OH)–C–C–N with tert-alkyl or cyclic N) is 1.